The Morgan fingerprint density at radius 2 is 1.89 bits per heavy atom. The van der Waals surface area contributed by atoms with Crippen LogP contribution in [0.25, 0.3) is 0 Å². The molecule has 19 heavy (non-hydrogen) atoms. The Kier molecular flexibility index (Phi) is 4.50. The van der Waals surface area contributed by atoms with Crippen LogP contribution >= 0.6 is 0 Å². The molecule has 0 radical (unpaired) electrons. The second kappa shape index (κ2) is 5.88. The molecule has 1 aromatic rings. The molecule has 0 N–H and O–H groups in total. The highest BCUT2D eigenvalue weighted by molar-refractivity contribution is 5.76. The van der Waals surface area contributed by atoms with Crippen molar-refractivity contribution in [3.63, 3.8) is 0 Å². The molecule has 0 heterocycles. The van der Waals surface area contributed by atoms with E-state index in [9.17, 15) is 14.9 Å². The normalized spacial score (nSPS) is 10.3. The predicted molar refractivity (Wildman–Crippen MR) is 68.9 cm³/mol. The first-order chi connectivity index (χ1) is 8.78. The van der Waals surface area contributed by atoms with E-state index in [0.717, 1.165) is 0 Å². The fraction of sp³-hybridized carbons (Fsp3) is 0.333. The Morgan fingerprint density at radius 1 is 1.32 bits per heavy atom. The Balaban J connectivity index is 2.71. The summed E-state index contributed by atoms with van der Waals surface area (Å²) in [4.78, 5) is 28.2. The van der Waals surface area contributed by atoms with E-state index in [1.54, 1.807) is 20.8 Å². The smallest absolute Gasteiger partial charge is 0.442 e. The van der Waals surface area contributed by atoms with Crippen molar-refractivity contribution in [2.75, 3.05) is 0 Å². The molecule has 1 aromatic carbocycles. The summed E-state index contributed by atoms with van der Waals surface area (Å²) in [6.45, 7) is 5.15. The lowest BCUT2D eigenvalue weighted by Gasteiger charge is -2.16. The van der Waals surface area contributed by atoms with Crippen molar-refractivity contribution in [3.05, 3.63) is 34.4 Å². The number of carbonyl (C=O) groups excluding carboxylic acids is 1. The van der Waals surface area contributed by atoms with E-state index in [-0.39, 0.29) is 5.69 Å². The van der Waals surface area contributed by atoms with Crippen molar-refractivity contribution >= 4 is 23.5 Å². The molecule has 0 fully saturated rings. The summed E-state index contributed by atoms with van der Waals surface area (Å²) in [5.41, 5.74) is -0.267. The molecule has 7 heteroatoms. The van der Waals surface area contributed by atoms with Gasteiger partial charge in [-0.15, -0.1) is 4.99 Å². The summed E-state index contributed by atoms with van der Waals surface area (Å²) in [6, 6.07) is 7.63. The molecular formula is C12H13N3O4. The first-order valence-electron chi connectivity index (χ1n) is 5.42. The van der Waals surface area contributed by atoms with Gasteiger partial charge in [0.1, 0.15) is 11.6 Å². The van der Waals surface area contributed by atoms with E-state index in [2.05, 4.69) is 16.0 Å². The Labute approximate surface area is 109 Å². The van der Waals surface area contributed by atoms with Crippen LogP contribution in [0.4, 0.5) is 16.2 Å². The molecule has 0 aromatic heterocycles. The number of nitro groups is 1. The minimum atomic E-state index is -0.793. The van der Waals surface area contributed by atoms with Crippen LogP contribution in [-0.4, -0.2) is 22.6 Å². The number of benzene rings is 1. The third kappa shape index (κ3) is 5.56. The van der Waals surface area contributed by atoms with Gasteiger partial charge in [-0.2, -0.15) is 4.99 Å². The lowest BCUT2D eigenvalue weighted by molar-refractivity contribution is -0.384. The Morgan fingerprint density at radius 3 is 2.37 bits per heavy atom. The number of ether oxygens (including phenoxy) is 1. The molecule has 1 amide bonds. The molecular weight excluding hydrogens is 250 g/mol. The average Bonchev–Trinajstić information content (AvgIpc) is 2.27. The number of aliphatic imine (C=N–C) groups is 2. The van der Waals surface area contributed by atoms with Crippen LogP contribution in [0.3, 0.4) is 0 Å². The van der Waals surface area contributed by atoms with Crippen molar-refractivity contribution < 1.29 is 14.5 Å². The molecule has 0 bridgehead atoms. The third-order valence-electron chi connectivity index (χ3n) is 1.77. The zero-order valence-corrected chi connectivity index (χ0v) is 10.8. The van der Waals surface area contributed by atoms with Crippen molar-refractivity contribution in [2.24, 2.45) is 9.98 Å². The quantitative estimate of drug-likeness (QED) is 0.464. The highest BCUT2D eigenvalue weighted by Gasteiger charge is 2.14. The first-order valence-corrected chi connectivity index (χ1v) is 5.42. The summed E-state index contributed by atoms with van der Waals surface area (Å²) in [6.07, 6.45) is -0.793. The molecule has 0 saturated heterocycles. The molecule has 7 nitrogen and oxygen atoms in total. The standard InChI is InChI=1S/C12H13N3O4/c1-12(2,3)19-11(16)14-8-13-9-4-6-10(7-5-9)15(17)18/h4-7H,1-3H3. The van der Waals surface area contributed by atoms with E-state index in [0.29, 0.717) is 5.69 Å². The van der Waals surface area contributed by atoms with E-state index in [4.69, 9.17) is 4.74 Å². The van der Waals surface area contributed by atoms with E-state index < -0.39 is 16.6 Å². The van der Waals surface area contributed by atoms with Crippen molar-refractivity contribution in [2.45, 2.75) is 26.4 Å². The molecule has 0 atom stereocenters. The van der Waals surface area contributed by atoms with Crippen LogP contribution in [0.2, 0.25) is 0 Å². The maximum atomic E-state index is 11.2. The molecule has 0 unspecified atom stereocenters. The van der Waals surface area contributed by atoms with Crippen molar-refractivity contribution in [3.8, 4) is 0 Å². The molecule has 0 aliphatic heterocycles. The summed E-state index contributed by atoms with van der Waals surface area (Å²) in [5.74, 6) is 0. The number of hydrogen-bond donors (Lipinski definition) is 0. The van der Waals surface area contributed by atoms with E-state index in [1.165, 1.54) is 24.3 Å². The second-order valence-corrected chi connectivity index (χ2v) is 4.58. The molecule has 0 aliphatic carbocycles. The van der Waals surface area contributed by atoms with Crippen LogP contribution < -0.4 is 0 Å². The van der Waals surface area contributed by atoms with Crippen molar-refractivity contribution in [1.29, 1.82) is 0 Å². The third-order valence-corrected chi connectivity index (χ3v) is 1.77. The summed E-state index contributed by atoms with van der Waals surface area (Å²) in [5, 5.41) is 10.4. The number of amides is 1. The van der Waals surface area contributed by atoms with Gasteiger partial charge in [-0.1, -0.05) is 0 Å². The van der Waals surface area contributed by atoms with E-state index in [1.807, 2.05) is 0 Å². The SMILES string of the molecule is CC(C)(C)OC(=O)N=C=Nc1ccc([N+](=O)[O-])cc1. The topological polar surface area (TPSA) is 94.2 Å². The summed E-state index contributed by atoms with van der Waals surface area (Å²) < 4.78 is 4.91. The summed E-state index contributed by atoms with van der Waals surface area (Å²) >= 11 is 0. The molecule has 1 rings (SSSR count). The predicted octanol–water partition coefficient (Wildman–Crippen LogP) is 3.34. The van der Waals surface area contributed by atoms with E-state index >= 15 is 0 Å². The van der Waals surface area contributed by atoms with Gasteiger partial charge < -0.3 is 4.74 Å². The van der Waals surface area contributed by atoms with Crippen LogP contribution in [0.5, 0.6) is 0 Å². The second-order valence-electron chi connectivity index (χ2n) is 4.58. The molecule has 0 spiro atoms. The monoisotopic (exact) mass is 263 g/mol. The fourth-order valence-electron chi connectivity index (χ4n) is 1.06. The highest BCUT2D eigenvalue weighted by atomic mass is 16.6. The Hall–Kier alpha value is -2.53. The van der Waals surface area contributed by atoms with Gasteiger partial charge in [0.05, 0.1) is 10.6 Å². The lowest BCUT2D eigenvalue weighted by atomic mass is 10.2. The van der Waals surface area contributed by atoms with Gasteiger partial charge in [0, 0.05) is 12.1 Å². The molecule has 100 valence electrons. The van der Waals surface area contributed by atoms with Crippen LogP contribution in [-0.2, 0) is 4.74 Å². The number of rotatable bonds is 2. The zero-order chi connectivity index (χ0) is 14.5. The minimum absolute atomic E-state index is 0.0389. The number of nitrogens with zero attached hydrogens (tertiary/aromatic N) is 3. The van der Waals surface area contributed by atoms with Crippen LogP contribution in [0, 0.1) is 10.1 Å². The maximum absolute atomic E-state index is 11.2. The molecule has 0 saturated carbocycles. The van der Waals surface area contributed by atoms with Gasteiger partial charge in [0.25, 0.3) is 5.69 Å². The van der Waals surface area contributed by atoms with Gasteiger partial charge in [0.15, 0.2) is 0 Å². The number of hydrogen-bond acceptors (Lipinski definition) is 5. The van der Waals surface area contributed by atoms with Gasteiger partial charge >= 0.3 is 6.09 Å². The van der Waals surface area contributed by atoms with Gasteiger partial charge in [0.2, 0.25) is 0 Å². The number of non-ortho nitro benzene ring substituents is 1. The van der Waals surface area contributed by atoms with Crippen LogP contribution in [0.1, 0.15) is 20.8 Å². The number of carbonyl (C=O) groups is 1. The van der Waals surface area contributed by atoms with Gasteiger partial charge in [-0.3, -0.25) is 10.1 Å². The zero-order valence-electron chi connectivity index (χ0n) is 10.8. The first kappa shape index (κ1) is 14.5. The van der Waals surface area contributed by atoms with Crippen molar-refractivity contribution in [1.82, 2.24) is 0 Å². The number of nitro benzene ring substituents is 1. The maximum Gasteiger partial charge on any atom is 0.443 e. The van der Waals surface area contributed by atoms with Gasteiger partial charge in [-0.25, -0.2) is 4.79 Å². The Bertz CT molecular complexity index is 537. The fourth-order valence-corrected chi connectivity index (χ4v) is 1.06. The molecule has 0 aliphatic rings. The highest BCUT2D eigenvalue weighted by Crippen LogP contribution is 2.17. The summed E-state index contributed by atoms with van der Waals surface area (Å²) in [7, 11) is 0. The van der Waals surface area contributed by atoms with Gasteiger partial charge in [-0.05, 0) is 32.9 Å². The average molecular weight is 263 g/mol. The van der Waals surface area contributed by atoms with Crippen LogP contribution in [0.15, 0.2) is 34.3 Å². The minimum Gasteiger partial charge on any atom is -0.442 e. The lowest BCUT2D eigenvalue weighted by Crippen LogP contribution is -2.21. The largest absolute Gasteiger partial charge is 0.443 e.